The first-order valence-corrected chi connectivity index (χ1v) is 8.67. The van der Waals surface area contributed by atoms with Crippen LogP contribution in [0.3, 0.4) is 0 Å². The van der Waals surface area contributed by atoms with Crippen LogP contribution in [0.2, 0.25) is 0 Å². The summed E-state index contributed by atoms with van der Waals surface area (Å²) in [4.78, 5) is 13.4. The van der Waals surface area contributed by atoms with Crippen LogP contribution in [0.4, 0.5) is 17.6 Å². The fraction of sp³-hybridized carbons (Fsp3) is 0.444. The van der Waals surface area contributed by atoms with Crippen molar-refractivity contribution in [2.75, 3.05) is 13.2 Å². The van der Waals surface area contributed by atoms with E-state index in [-0.39, 0.29) is 43.3 Å². The minimum absolute atomic E-state index is 0.0236. The number of hydrogen-bond acceptors (Lipinski definition) is 3. The second-order valence-corrected chi connectivity index (χ2v) is 6.69. The molecule has 3 heterocycles. The van der Waals surface area contributed by atoms with Crippen molar-refractivity contribution >= 4 is 5.91 Å². The van der Waals surface area contributed by atoms with Crippen LogP contribution in [0.5, 0.6) is 0 Å². The van der Waals surface area contributed by atoms with Crippen LogP contribution in [-0.4, -0.2) is 33.7 Å². The lowest BCUT2D eigenvalue weighted by molar-refractivity contribution is -0.142. The minimum Gasteiger partial charge on any atom is -0.376 e. The lowest BCUT2D eigenvalue weighted by Crippen LogP contribution is -2.24. The number of carbonyl (C=O) groups excluding carboxylic acids is 1. The van der Waals surface area contributed by atoms with E-state index in [1.807, 2.05) is 0 Å². The molecule has 1 aromatic carbocycles. The van der Waals surface area contributed by atoms with Crippen molar-refractivity contribution in [3.05, 3.63) is 46.5 Å². The third-order valence-electron chi connectivity index (χ3n) is 4.87. The molecule has 0 saturated carbocycles. The van der Waals surface area contributed by atoms with Gasteiger partial charge in [-0.15, -0.1) is 0 Å². The number of alkyl halides is 3. The molecule has 27 heavy (non-hydrogen) atoms. The quantitative estimate of drug-likeness (QED) is 0.765. The molecule has 1 saturated heterocycles. The molecule has 0 unspecified atom stereocenters. The van der Waals surface area contributed by atoms with Gasteiger partial charge in [-0.25, -0.2) is 9.07 Å². The maximum Gasteiger partial charge on any atom is 0.435 e. The van der Waals surface area contributed by atoms with E-state index < -0.39 is 17.7 Å². The van der Waals surface area contributed by atoms with Gasteiger partial charge < -0.3 is 9.64 Å². The third-order valence-corrected chi connectivity index (χ3v) is 4.87. The van der Waals surface area contributed by atoms with Gasteiger partial charge in [-0.1, -0.05) is 6.07 Å². The molecule has 0 atom stereocenters. The highest BCUT2D eigenvalue weighted by Crippen LogP contribution is 2.36. The summed E-state index contributed by atoms with van der Waals surface area (Å²) in [5.41, 5.74) is -0.217. The highest BCUT2D eigenvalue weighted by molar-refractivity contribution is 5.78. The third kappa shape index (κ3) is 3.31. The van der Waals surface area contributed by atoms with Crippen LogP contribution in [0.1, 0.15) is 35.4 Å². The fourth-order valence-electron chi connectivity index (χ4n) is 3.58. The predicted molar refractivity (Wildman–Crippen MR) is 86.5 cm³/mol. The normalized spacial score (nSPS) is 17.5. The molecular formula is C18H17F4N3O2. The van der Waals surface area contributed by atoms with E-state index in [2.05, 4.69) is 5.10 Å². The SMILES string of the molecule is O=C1CCCN1Cc1ccc(-n2nc(C(F)(F)F)c3c2CCOC3)c(F)c1. The van der Waals surface area contributed by atoms with Crippen molar-refractivity contribution in [1.82, 2.24) is 14.7 Å². The zero-order chi connectivity index (χ0) is 19.2. The fourth-order valence-corrected chi connectivity index (χ4v) is 3.58. The molecule has 2 aromatic rings. The molecule has 9 heteroatoms. The number of aromatic nitrogens is 2. The Morgan fingerprint density at radius 2 is 2.04 bits per heavy atom. The average molecular weight is 383 g/mol. The highest BCUT2D eigenvalue weighted by Gasteiger charge is 2.40. The lowest BCUT2D eigenvalue weighted by Gasteiger charge is -2.17. The number of benzene rings is 1. The number of ether oxygens (including phenoxy) is 1. The Morgan fingerprint density at radius 3 is 2.70 bits per heavy atom. The molecule has 0 spiro atoms. The Balaban J connectivity index is 1.69. The highest BCUT2D eigenvalue weighted by atomic mass is 19.4. The Morgan fingerprint density at radius 1 is 1.22 bits per heavy atom. The number of likely N-dealkylation sites (tertiary alicyclic amines) is 1. The molecule has 4 rings (SSSR count). The van der Waals surface area contributed by atoms with E-state index in [1.54, 1.807) is 11.0 Å². The van der Waals surface area contributed by atoms with Gasteiger partial charge in [-0.3, -0.25) is 4.79 Å². The van der Waals surface area contributed by atoms with E-state index in [0.717, 1.165) is 11.1 Å². The molecule has 1 fully saturated rings. The van der Waals surface area contributed by atoms with Gasteiger partial charge in [-0.2, -0.15) is 18.3 Å². The van der Waals surface area contributed by atoms with Crippen LogP contribution in [0, 0.1) is 5.82 Å². The summed E-state index contributed by atoms with van der Waals surface area (Å²) in [6.07, 6.45) is -3.14. The maximum absolute atomic E-state index is 14.7. The molecule has 1 aromatic heterocycles. The summed E-state index contributed by atoms with van der Waals surface area (Å²) < 4.78 is 60.7. The largest absolute Gasteiger partial charge is 0.435 e. The summed E-state index contributed by atoms with van der Waals surface area (Å²) in [5.74, 6) is -0.653. The van der Waals surface area contributed by atoms with Gasteiger partial charge >= 0.3 is 6.18 Å². The van der Waals surface area contributed by atoms with E-state index in [4.69, 9.17) is 4.74 Å². The smallest absolute Gasteiger partial charge is 0.376 e. The number of fused-ring (bicyclic) bond motifs is 1. The monoisotopic (exact) mass is 383 g/mol. The summed E-state index contributed by atoms with van der Waals surface area (Å²) in [5, 5.41) is 3.65. The van der Waals surface area contributed by atoms with Crippen molar-refractivity contribution in [2.24, 2.45) is 0 Å². The number of carbonyl (C=O) groups is 1. The average Bonchev–Trinajstić information content (AvgIpc) is 3.19. The van der Waals surface area contributed by atoms with Crippen LogP contribution in [0.25, 0.3) is 5.69 Å². The van der Waals surface area contributed by atoms with E-state index >= 15 is 0 Å². The first kappa shape index (κ1) is 18.0. The van der Waals surface area contributed by atoms with Gasteiger partial charge in [0.1, 0.15) is 11.5 Å². The van der Waals surface area contributed by atoms with E-state index in [9.17, 15) is 22.4 Å². The van der Waals surface area contributed by atoms with Crippen LogP contribution >= 0.6 is 0 Å². The number of rotatable bonds is 3. The topological polar surface area (TPSA) is 47.4 Å². The Hall–Kier alpha value is -2.42. The maximum atomic E-state index is 14.7. The molecule has 144 valence electrons. The van der Waals surface area contributed by atoms with Crippen molar-refractivity contribution < 1.29 is 27.1 Å². The standard InChI is InChI=1S/C18H17F4N3O2/c19-13-8-11(9-24-6-1-2-16(24)26)3-4-15(13)25-14-5-7-27-10-12(14)17(23-25)18(20,21)22/h3-4,8H,1-2,5-7,9-10H2. The lowest BCUT2D eigenvalue weighted by atomic mass is 10.1. The summed E-state index contributed by atoms with van der Waals surface area (Å²) in [6.45, 7) is 0.979. The number of halogens is 4. The molecule has 5 nitrogen and oxygen atoms in total. The molecule has 2 aliphatic heterocycles. The van der Waals surface area contributed by atoms with Crippen molar-refractivity contribution in [2.45, 2.75) is 38.6 Å². The van der Waals surface area contributed by atoms with Gasteiger partial charge in [0, 0.05) is 31.5 Å². The first-order chi connectivity index (χ1) is 12.8. The molecular weight excluding hydrogens is 366 g/mol. The molecule has 0 aliphatic carbocycles. The van der Waals surface area contributed by atoms with Crippen molar-refractivity contribution in [3.63, 3.8) is 0 Å². The van der Waals surface area contributed by atoms with Gasteiger partial charge in [-0.05, 0) is 24.1 Å². The number of hydrogen-bond donors (Lipinski definition) is 0. The second kappa shape index (κ2) is 6.63. The molecule has 0 bridgehead atoms. The Kier molecular flexibility index (Phi) is 4.41. The van der Waals surface area contributed by atoms with Crippen LogP contribution in [0.15, 0.2) is 18.2 Å². The molecule has 1 amide bonds. The van der Waals surface area contributed by atoms with E-state index in [1.165, 1.54) is 12.1 Å². The Bertz CT molecular complexity index is 891. The number of nitrogens with zero attached hydrogens (tertiary/aromatic N) is 3. The summed E-state index contributed by atoms with van der Waals surface area (Å²) >= 11 is 0. The van der Waals surface area contributed by atoms with E-state index in [0.29, 0.717) is 24.2 Å². The van der Waals surface area contributed by atoms with Crippen LogP contribution < -0.4 is 0 Å². The first-order valence-electron chi connectivity index (χ1n) is 8.67. The summed E-state index contributed by atoms with van der Waals surface area (Å²) in [6, 6.07) is 4.28. The molecule has 2 aliphatic rings. The minimum atomic E-state index is -4.64. The predicted octanol–water partition coefficient (Wildman–Crippen LogP) is 3.23. The number of amides is 1. The van der Waals surface area contributed by atoms with Crippen molar-refractivity contribution in [1.29, 1.82) is 0 Å². The molecule has 0 N–H and O–H groups in total. The van der Waals surface area contributed by atoms with Crippen LogP contribution in [-0.2, 0) is 35.3 Å². The van der Waals surface area contributed by atoms with Gasteiger partial charge in [0.15, 0.2) is 5.69 Å². The summed E-state index contributed by atoms with van der Waals surface area (Å²) in [7, 11) is 0. The molecule has 0 radical (unpaired) electrons. The van der Waals surface area contributed by atoms with Gasteiger partial charge in [0.2, 0.25) is 5.91 Å². The zero-order valence-corrected chi connectivity index (χ0v) is 14.4. The Labute approximate surface area is 152 Å². The van der Waals surface area contributed by atoms with Gasteiger partial charge in [0.25, 0.3) is 0 Å². The van der Waals surface area contributed by atoms with Gasteiger partial charge in [0.05, 0.1) is 18.9 Å². The second-order valence-electron chi connectivity index (χ2n) is 6.69. The van der Waals surface area contributed by atoms with Crippen molar-refractivity contribution in [3.8, 4) is 5.69 Å². The zero-order valence-electron chi connectivity index (χ0n) is 14.4.